The van der Waals surface area contributed by atoms with Gasteiger partial charge in [-0.25, -0.2) is 13.4 Å². The number of hydrogen-bond donors (Lipinski definition) is 1. The number of imidazole rings is 1. The normalized spacial score (nSPS) is 15.3. The van der Waals surface area contributed by atoms with Crippen LogP contribution in [0, 0.1) is 6.92 Å². The fraction of sp³-hybridized carbons (Fsp3) is 0.364. The average molecular weight is 443 g/mol. The van der Waals surface area contributed by atoms with E-state index in [0.29, 0.717) is 38.2 Å². The lowest BCUT2D eigenvalue weighted by atomic mass is 10.2. The summed E-state index contributed by atoms with van der Waals surface area (Å²) in [7, 11) is -1.71. The van der Waals surface area contributed by atoms with Crippen molar-refractivity contribution in [2.75, 3.05) is 31.6 Å². The van der Waals surface area contributed by atoms with Crippen molar-refractivity contribution in [1.82, 2.24) is 13.9 Å². The zero-order valence-electron chi connectivity index (χ0n) is 17.7. The third kappa shape index (κ3) is 4.63. The third-order valence-corrected chi connectivity index (χ3v) is 7.36. The fourth-order valence-electron chi connectivity index (χ4n) is 3.64. The van der Waals surface area contributed by atoms with E-state index in [1.165, 1.54) is 4.31 Å². The van der Waals surface area contributed by atoms with Crippen molar-refractivity contribution in [3.05, 3.63) is 53.9 Å². The highest BCUT2D eigenvalue weighted by molar-refractivity contribution is 7.89. The fourth-order valence-corrected chi connectivity index (χ4v) is 5.06. The van der Waals surface area contributed by atoms with Gasteiger partial charge in [0, 0.05) is 38.7 Å². The van der Waals surface area contributed by atoms with Crippen LogP contribution in [0.1, 0.15) is 17.8 Å². The Bertz CT molecular complexity index is 1200. The molecule has 1 aliphatic heterocycles. The molecule has 3 aromatic rings. The number of rotatable bonds is 6. The Morgan fingerprint density at radius 2 is 1.84 bits per heavy atom. The van der Waals surface area contributed by atoms with Crippen LogP contribution in [0.5, 0.6) is 0 Å². The van der Waals surface area contributed by atoms with E-state index in [4.69, 9.17) is 4.74 Å². The van der Waals surface area contributed by atoms with Crippen LogP contribution in [0.25, 0.3) is 11.0 Å². The minimum atomic E-state index is -3.58. The molecule has 2 heterocycles. The summed E-state index contributed by atoms with van der Waals surface area (Å²) in [5.74, 6) is 0.640. The lowest BCUT2D eigenvalue weighted by Crippen LogP contribution is -2.40. The number of ether oxygens (including phenoxy) is 1. The van der Waals surface area contributed by atoms with Crippen molar-refractivity contribution in [2.45, 2.75) is 24.7 Å². The maximum atomic E-state index is 12.9. The Labute approximate surface area is 181 Å². The molecular formula is C22H26N4O4S. The number of hydrogen-bond acceptors (Lipinski definition) is 5. The summed E-state index contributed by atoms with van der Waals surface area (Å²) in [6, 6.07) is 12.6. The average Bonchev–Trinajstić information content (AvgIpc) is 3.09. The number of aryl methyl sites for hydroxylation is 3. The molecular weight excluding hydrogens is 416 g/mol. The molecule has 0 bridgehead atoms. The molecule has 0 atom stereocenters. The van der Waals surface area contributed by atoms with E-state index in [2.05, 4.69) is 10.3 Å². The molecule has 1 aliphatic rings. The van der Waals surface area contributed by atoms with Gasteiger partial charge in [-0.2, -0.15) is 4.31 Å². The van der Waals surface area contributed by atoms with Gasteiger partial charge in [0.05, 0.1) is 29.1 Å². The maximum Gasteiger partial charge on any atom is 0.243 e. The highest BCUT2D eigenvalue weighted by Gasteiger charge is 2.27. The van der Waals surface area contributed by atoms with Gasteiger partial charge in [-0.1, -0.05) is 17.7 Å². The number of aromatic nitrogens is 2. The molecule has 1 N–H and O–H groups in total. The van der Waals surface area contributed by atoms with Crippen LogP contribution in [0.2, 0.25) is 0 Å². The van der Waals surface area contributed by atoms with E-state index < -0.39 is 10.0 Å². The molecule has 1 saturated heterocycles. The first-order valence-corrected chi connectivity index (χ1v) is 11.7. The number of sulfonamides is 1. The summed E-state index contributed by atoms with van der Waals surface area (Å²) in [6.07, 6.45) is 0.735. The Hall–Kier alpha value is -2.75. The molecule has 0 aliphatic carbocycles. The number of nitrogens with one attached hydrogen (secondary N) is 1. The second kappa shape index (κ2) is 8.78. The number of morpholine rings is 1. The van der Waals surface area contributed by atoms with Crippen LogP contribution in [-0.2, 0) is 33.0 Å². The summed E-state index contributed by atoms with van der Waals surface area (Å²) in [5.41, 5.74) is 3.33. The topological polar surface area (TPSA) is 93.5 Å². The highest BCUT2D eigenvalue weighted by Crippen LogP contribution is 2.23. The highest BCUT2D eigenvalue weighted by atomic mass is 32.2. The van der Waals surface area contributed by atoms with Gasteiger partial charge >= 0.3 is 0 Å². The number of nitrogens with zero attached hydrogens (tertiary/aromatic N) is 3. The third-order valence-electron chi connectivity index (χ3n) is 5.46. The van der Waals surface area contributed by atoms with Crippen molar-refractivity contribution < 1.29 is 17.9 Å². The van der Waals surface area contributed by atoms with E-state index in [1.54, 1.807) is 18.2 Å². The van der Waals surface area contributed by atoms with E-state index in [1.807, 2.05) is 42.8 Å². The molecule has 0 radical (unpaired) electrons. The van der Waals surface area contributed by atoms with E-state index in [9.17, 15) is 13.2 Å². The van der Waals surface area contributed by atoms with E-state index in [0.717, 1.165) is 22.6 Å². The molecule has 0 unspecified atom stereocenters. The summed E-state index contributed by atoms with van der Waals surface area (Å²) in [6.45, 7) is 3.50. The lowest BCUT2D eigenvalue weighted by molar-refractivity contribution is -0.116. The van der Waals surface area contributed by atoms with Crippen molar-refractivity contribution in [2.24, 2.45) is 7.05 Å². The Balaban J connectivity index is 1.48. The van der Waals surface area contributed by atoms with Crippen molar-refractivity contribution >= 4 is 32.7 Å². The van der Waals surface area contributed by atoms with Gasteiger partial charge in [0.15, 0.2) is 0 Å². The van der Waals surface area contributed by atoms with Gasteiger partial charge < -0.3 is 14.6 Å². The number of carbonyl (C=O) groups excluding carboxylic acids is 1. The second-order valence-corrected chi connectivity index (χ2v) is 9.61. The number of amides is 1. The predicted octanol–water partition coefficient (Wildman–Crippen LogP) is 2.47. The molecule has 0 saturated carbocycles. The lowest BCUT2D eigenvalue weighted by Gasteiger charge is -2.26. The largest absolute Gasteiger partial charge is 0.379 e. The number of benzene rings is 2. The van der Waals surface area contributed by atoms with Crippen LogP contribution in [0.3, 0.4) is 0 Å². The molecule has 1 aromatic heterocycles. The molecule has 164 valence electrons. The van der Waals surface area contributed by atoms with Crippen LogP contribution in [0.15, 0.2) is 47.4 Å². The van der Waals surface area contributed by atoms with Crippen LogP contribution in [0.4, 0.5) is 5.69 Å². The number of anilines is 1. The smallest absolute Gasteiger partial charge is 0.243 e. The van der Waals surface area contributed by atoms with Gasteiger partial charge in [-0.05, 0) is 37.3 Å². The van der Waals surface area contributed by atoms with Gasteiger partial charge in [0.1, 0.15) is 5.82 Å². The standard InChI is InChI=1S/C22H26N4O4S/c1-16-3-5-17(6-4-16)23-22(27)10-9-21-24-19-15-18(7-8-20(19)25(21)2)31(28,29)26-11-13-30-14-12-26/h3-8,15H,9-14H2,1-2H3,(H,23,27). The zero-order valence-corrected chi connectivity index (χ0v) is 18.5. The van der Waals surface area contributed by atoms with E-state index >= 15 is 0 Å². The SMILES string of the molecule is Cc1ccc(NC(=O)CCc2nc3cc(S(=O)(=O)N4CCOCC4)ccc3n2C)cc1. The first kappa shape index (κ1) is 21.5. The first-order valence-electron chi connectivity index (χ1n) is 10.2. The monoisotopic (exact) mass is 442 g/mol. The summed E-state index contributed by atoms with van der Waals surface area (Å²) in [5, 5.41) is 2.89. The zero-order chi connectivity index (χ0) is 22.0. The number of carbonyl (C=O) groups is 1. The molecule has 2 aromatic carbocycles. The Morgan fingerprint density at radius 1 is 1.13 bits per heavy atom. The van der Waals surface area contributed by atoms with Gasteiger partial charge in [-0.3, -0.25) is 4.79 Å². The molecule has 31 heavy (non-hydrogen) atoms. The Kier molecular flexibility index (Phi) is 6.08. The molecule has 8 nitrogen and oxygen atoms in total. The first-order chi connectivity index (χ1) is 14.8. The van der Waals surface area contributed by atoms with E-state index in [-0.39, 0.29) is 17.2 Å². The van der Waals surface area contributed by atoms with Gasteiger partial charge in [-0.15, -0.1) is 0 Å². The minimum absolute atomic E-state index is 0.0912. The quantitative estimate of drug-likeness (QED) is 0.633. The summed E-state index contributed by atoms with van der Waals surface area (Å²) < 4.78 is 34.4. The predicted molar refractivity (Wildman–Crippen MR) is 118 cm³/mol. The molecule has 1 fully saturated rings. The summed E-state index contributed by atoms with van der Waals surface area (Å²) in [4.78, 5) is 17.1. The Morgan fingerprint density at radius 3 is 2.55 bits per heavy atom. The maximum absolute atomic E-state index is 12.9. The molecule has 1 amide bonds. The van der Waals surface area contributed by atoms with Crippen LogP contribution < -0.4 is 5.32 Å². The minimum Gasteiger partial charge on any atom is -0.379 e. The number of fused-ring (bicyclic) bond motifs is 1. The summed E-state index contributed by atoms with van der Waals surface area (Å²) >= 11 is 0. The van der Waals surface area contributed by atoms with Gasteiger partial charge in [0.2, 0.25) is 15.9 Å². The second-order valence-electron chi connectivity index (χ2n) is 7.67. The van der Waals surface area contributed by atoms with Crippen LogP contribution in [-0.4, -0.2) is 54.5 Å². The van der Waals surface area contributed by atoms with Gasteiger partial charge in [0.25, 0.3) is 0 Å². The molecule has 0 spiro atoms. The molecule has 4 rings (SSSR count). The van der Waals surface area contributed by atoms with Crippen molar-refractivity contribution in [3.8, 4) is 0 Å². The van der Waals surface area contributed by atoms with Crippen molar-refractivity contribution in [3.63, 3.8) is 0 Å². The molecule has 9 heteroatoms. The van der Waals surface area contributed by atoms with Crippen LogP contribution >= 0.6 is 0 Å². The van der Waals surface area contributed by atoms with Crippen molar-refractivity contribution in [1.29, 1.82) is 0 Å².